The van der Waals surface area contributed by atoms with Gasteiger partial charge in [-0.15, -0.1) is 0 Å². The molecule has 7 nitrogen and oxygen atoms in total. The molecule has 0 aromatic heterocycles. The summed E-state index contributed by atoms with van der Waals surface area (Å²) in [5, 5.41) is 0. The Kier molecular flexibility index (Phi) is 5.63. The quantitative estimate of drug-likeness (QED) is 0.677. The average molecular weight is 414 g/mol. The SMILES string of the molecule is COc1ccc(C2OCC3C2=COC3c2cc(OC)c(OC)c(OC)c2)cc1OC. The van der Waals surface area contributed by atoms with Crippen LogP contribution in [0.3, 0.4) is 0 Å². The van der Waals surface area contributed by atoms with Gasteiger partial charge in [0.2, 0.25) is 5.75 Å². The monoisotopic (exact) mass is 414 g/mol. The van der Waals surface area contributed by atoms with Crippen LogP contribution in [0.4, 0.5) is 0 Å². The van der Waals surface area contributed by atoms with Crippen molar-refractivity contribution < 1.29 is 33.2 Å². The molecule has 0 N–H and O–H groups in total. The third kappa shape index (κ3) is 3.29. The second-order valence-electron chi connectivity index (χ2n) is 7.07. The fraction of sp³-hybridized carbons (Fsp3) is 0.391. The van der Waals surface area contributed by atoms with Crippen LogP contribution >= 0.6 is 0 Å². The lowest BCUT2D eigenvalue weighted by molar-refractivity contribution is 0.0658. The Bertz CT molecular complexity index is 928. The first-order chi connectivity index (χ1) is 14.6. The minimum Gasteiger partial charge on any atom is -0.493 e. The standard InChI is InChI=1S/C23H26O7/c1-24-17-7-6-13(8-18(17)25-2)21-15-11-30-22(16(15)12-29-21)14-9-19(26-3)23(28-5)20(10-14)27-4/h6-11,16,21-22H,12H2,1-5H3. The van der Waals surface area contributed by atoms with Gasteiger partial charge in [-0.05, 0) is 29.8 Å². The van der Waals surface area contributed by atoms with Crippen LogP contribution in [0, 0.1) is 5.92 Å². The third-order valence-electron chi connectivity index (χ3n) is 5.62. The highest BCUT2D eigenvalue weighted by Crippen LogP contribution is 2.51. The topological polar surface area (TPSA) is 64.6 Å². The zero-order valence-corrected chi connectivity index (χ0v) is 17.8. The minimum absolute atomic E-state index is 0.0888. The fourth-order valence-corrected chi connectivity index (χ4v) is 4.13. The van der Waals surface area contributed by atoms with Crippen LogP contribution in [0.5, 0.6) is 28.7 Å². The number of ether oxygens (including phenoxy) is 7. The molecule has 0 bridgehead atoms. The number of fused-ring (bicyclic) bond motifs is 1. The predicted octanol–water partition coefficient (Wildman–Crippen LogP) is 4.07. The van der Waals surface area contributed by atoms with Gasteiger partial charge in [0.25, 0.3) is 0 Å². The van der Waals surface area contributed by atoms with Crippen LogP contribution < -0.4 is 23.7 Å². The summed E-state index contributed by atoms with van der Waals surface area (Å²) in [6, 6.07) is 9.67. The van der Waals surface area contributed by atoms with E-state index in [1.165, 1.54) is 0 Å². The summed E-state index contributed by atoms with van der Waals surface area (Å²) in [5.41, 5.74) is 3.04. The molecular formula is C23H26O7. The molecule has 2 aliphatic heterocycles. The summed E-state index contributed by atoms with van der Waals surface area (Å²) in [7, 11) is 8.04. The van der Waals surface area contributed by atoms with Crippen LogP contribution in [-0.4, -0.2) is 42.2 Å². The Labute approximate surface area is 176 Å². The molecule has 0 radical (unpaired) electrons. The van der Waals surface area contributed by atoms with Gasteiger partial charge in [-0.2, -0.15) is 0 Å². The maximum Gasteiger partial charge on any atom is 0.203 e. The molecule has 3 unspecified atom stereocenters. The first-order valence-electron chi connectivity index (χ1n) is 9.64. The molecule has 3 atom stereocenters. The van der Waals surface area contributed by atoms with Crippen molar-refractivity contribution in [2.75, 3.05) is 42.2 Å². The van der Waals surface area contributed by atoms with Crippen LogP contribution in [-0.2, 0) is 9.47 Å². The lowest BCUT2D eigenvalue weighted by Gasteiger charge is -2.20. The summed E-state index contributed by atoms with van der Waals surface area (Å²) in [6.45, 7) is 0.548. The molecular weight excluding hydrogens is 388 g/mol. The van der Waals surface area contributed by atoms with Crippen molar-refractivity contribution in [2.45, 2.75) is 12.2 Å². The van der Waals surface area contributed by atoms with E-state index < -0.39 is 0 Å². The van der Waals surface area contributed by atoms with Gasteiger partial charge in [-0.1, -0.05) is 6.07 Å². The molecule has 7 heteroatoms. The molecule has 2 aromatic rings. The normalized spacial score (nSPS) is 22.0. The molecule has 4 rings (SSSR count). The van der Waals surface area contributed by atoms with E-state index in [4.69, 9.17) is 33.2 Å². The maximum atomic E-state index is 6.16. The van der Waals surface area contributed by atoms with Crippen LogP contribution in [0.1, 0.15) is 23.3 Å². The van der Waals surface area contributed by atoms with Crippen molar-refractivity contribution in [1.82, 2.24) is 0 Å². The van der Waals surface area contributed by atoms with Crippen molar-refractivity contribution in [3.63, 3.8) is 0 Å². The molecule has 0 aliphatic carbocycles. The predicted molar refractivity (Wildman–Crippen MR) is 110 cm³/mol. The Morgan fingerprint density at radius 2 is 1.37 bits per heavy atom. The Morgan fingerprint density at radius 1 is 0.733 bits per heavy atom. The van der Waals surface area contributed by atoms with Gasteiger partial charge >= 0.3 is 0 Å². The number of rotatable bonds is 7. The molecule has 2 heterocycles. The molecule has 0 amide bonds. The van der Waals surface area contributed by atoms with Crippen molar-refractivity contribution in [3.05, 3.63) is 53.3 Å². The zero-order chi connectivity index (χ0) is 21.3. The van der Waals surface area contributed by atoms with E-state index in [2.05, 4.69) is 0 Å². The molecule has 0 spiro atoms. The largest absolute Gasteiger partial charge is 0.493 e. The third-order valence-corrected chi connectivity index (χ3v) is 5.62. The lowest BCUT2D eigenvalue weighted by Crippen LogP contribution is -2.12. The molecule has 1 saturated heterocycles. The number of methoxy groups -OCH3 is 5. The second kappa shape index (κ2) is 8.36. The number of hydrogen-bond donors (Lipinski definition) is 0. The molecule has 2 aromatic carbocycles. The smallest absolute Gasteiger partial charge is 0.203 e. The summed E-state index contributed by atoms with van der Waals surface area (Å²) in [6.07, 6.45) is 1.42. The molecule has 2 aliphatic rings. The second-order valence-corrected chi connectivity index (χ2v) is 7.07. The van der Waals surface area contributed by atoms with E-state index in [1.54, 1.807) is 35.5 Å². The molecule has 30 heavy (non-hydrogen) atoms. The van der Waals surface area contributed by atoms with E-state index >= 15 is 0 Å². The van der Waals surface area contributed by atoms with Gasteiger partial charge in [0.05, 0.1) is 54.3 Å². The highest BCUT2D eigenvalue weighted by molar-refractivity contribution is 5.55. The zero-order valence-electron chi connectivity index (χ0n) is 17.8. The van der Waals surface area contributed by atoms with Crippen LogP contribution in [0.2, 0.25) is 0 Å². The fourth-order valence-electron chi connectivity index (χ4n) is 4.13. The summed E-state index contributed by atoms with van der Waals surface area (Å²) in [4.78, 5) is 0. The Morgan fingerprint density at radius 3 is 1.97 bits per heavy atom. The van der Waals surface area contributed by atoms with E-state index in [-0.39, 0.29) is 18.1 Å². The van der Waals surface area contributed by atoms with Gasteiger partial charge in [-0.3, -0.25) is 0 Å². The van der Waals surface area contributed by atoms with Crippen molar-refractivity contribution in [1.29, 1.82) is 0 Å². The van der Waals surface area contributed by atoms with Crippen molar-refractivity contribution >= 4 is 0 Å². The highest BCUT2D eigenvalue weighted by atomic mass is 16.5. The Balaban J connectivity index is 1.62. The van der Waals surface area contributed by atoms with Gasteiger partial charge in [0.1, 0.15) is 12.2 Å². The number of benzene rings is 2. The van der Waals surface area contributed by atoms with Crippen LogP contribution in [0.25, 0.3) is 0 Å². The summed E-state index contributed by atoms with van der Waals surface area (Å²) < 4.78 is 39.4. The van der Waals surface area contributed by atoms with Gasteiger partial charge in [-0.25, -0.2) is 0 Å². The summed E-state index contributed by atoms with van der Waals surface area (Å²) in [5.74, 6) is 3.19. The Hall–Kier alpha value is -3.06. The van der Waals surface area contributed by atoms with Crippen molar-refractivity contribution in [2.24, 2.45) is 5.92 Å². The van der Waals surface area contributed by atoms with Gasteiger partial charge in [0.15, 0.2) is 23.0 Å². The first-order valence-corrected chi connectivity index (χ1v) is 9.64. The van der Waals surface area contributed by atoms with E-state index in [0.29, 0.717) is 35.4 Å². The molecule has 0 saturated carbocycles. The molecule has 160 valence electrons. The minimum atomic E-state index is -0.196. The lowest BCUT2D eigenvalue weighted by atomic mass is 9.89. The highest BCUT2D eigenvalue weighted by Gasteiger charge is 2.43. The van der Waals surface area contributed by atoms with E-state index in [1.807, 2.05) is 36.6 Å². The van der Waals surface area contributed by atoms with Gasteiger partial charge in [0, 0.05) is 11.1 Å². The van der Waals surface area contributed by atoms with E-state index in [9.17, 15) is 0 Å². The molecule has 1 fully saturated rings. The number of hydrogen-bond acceptors (Lipinski definition) is 7. The maximum absolute atomic E-state index is 6.16. The first kappa shape index (κ1) is 20.2. The van der Waals surface area contributed by atoms with Gasteiger partial charge < -0.3 is 33.2 Å². The van der Waals surface area contributed by atoms with Crippen LogP contribution in [0.15, 0.2) is 42.2 Å². The summed E-state index contributed by atoms with van der Waals surface area (Å²) >= 11 is 0. The van der Waals surface area contributed by atoms with E-state index in [0.717, 1.165) is 16.7 Å². The average Bonchev–Trinajstić information content (AvgIpc) is 3.39. The van der Waals surface area contributed by atoms with Crippen molar-refractivity contribution in [3.8, 4) is 28.7 Å².